The van der Waals surface area contributed by atoms with Crippen LogP contribution in [0.25, 0.3) is 0 Å². The molecule has 0 atom stereocenters. The molecule has 12 heavy (non-hydrogen) atoms. The summed E-state index contributed by atoms with van der Waals surface area (Å²) < 4.78 is 1.92. The first-order chi connectivity index (χ1) is 5.74. The van der Waals surface area contributed by atoms with E-state index >= 15 is 0 Å². The Bertz CT molecular complexity index is 203. The van der Waals surface area contributed by atoms with Gasteiger partial charge in [-0.2, -0.15) is 5.10 Å². The number of nitrogens with zero attached hydrogens (tertiary/aromatic N) is 2. The second-order valence-electron chi connectivity index (χ2n) is 2.52. The molecule has 0 saturated heterocycles. The van der Waals surface area contributed by atoms with Crippen molar-refractivity contribution in [1.29, 1.82) is 0 Å². The number of nitrogens with one attached hydrogen (secondary N) is 1. The SMILES string of the molecule is CC.CNc1ccn(C(C)C)n1. The zero-order valence-electron chi connectivity index (χ0n) is 8.63. The zero-order chi connectivity index (χ0) is 9.56. The van der Waals surface area contributed by atoms with Gasteiger partial charge in [-0.25, -0.2) is 0 Å². The second kappa shape index (κ2) is 5.63. The maximum atomic E-state index is 4.23. The van der Waals surface area contributed by atoms with Crippen molar-refractivity contribution in [3.63, 3.8) is 0 Å². The first kappa shape index (κ1) is 11.0. The van der Waals surface area contributed by atoms with E-state index in [2.05, 4.69) is 24.3 Å². The zero-order valence-corrected chi connectivity index (χ0v) is 8.63. The van der Waals surface area contributed by atoms with Crippen molar-refractivity contribution >= 4 is 5.82 Å². The molecule has 0 aliphatic rings. The van der Waals surface area contributed by atoms with Gasteiger partial charge in [0.2, 0.25) is 0 Å². The van der Waals surface area contributed by atoms with Crippen LogP contribution >= 0.6 is 0 Å². The quantitative estimate of drug-likeness (QED) is 0.737. The lowest BCUT2D eigenvalue weighted by Gasteiger charge is -2.02. The molecule has 1 aromatic rings. The number of aromatic nitrogens is 2. The van der Waals surface area contributed by atoms with Gasteiger partial charge in [-0.3, -0.25) is 4.68 Å². The van der Waals surface area contributed by atoms with Crippen LogP contribution in [0.3, 0.4) is 0 Å². The van der Waals surface area contributed by atoms with E-state index in [0.717, 1.165) is 5.82 Å². The lowest BCUT2D eigenvalue weighted by molar-refractivity contribution is 0.534. The third-order valence-electron chi connectivity index (χ3n) is 1.39. The lowest BCUT2D eigenvalue weighted by atomic mass is 10.4. The fourth-order valence-corrected chi connectivity index (χ4v) is 0.759. The van der Waals surface area contributed by atoms with E-state index in [0.29, 0.717) is 6.04 Å². The number of hydrogen-bond acceptors (Lipinski definition) is 2. The van der Waals surface area contributed by atoms with Crippen LogP contribution in [0.1, 0.15) is 33.7 Å². The summed E-state index contributed by atoms with van der Waals surface area (Å²) in [5.74, 6) is 0.925. The highest BCUT2D eigenvalue weighted by Gasteiger charge is 1.97. The van der Waals surface area contributed by atoms with Crippen LogP contribution in [-0.4, -0.2) is 16.8 Å². The van der Waals surface area contributed by atoms with E-state index in [1.54, 1.807) is 0 Å². The Labute approximate surface area is 74.8 Å². The first-order valence-electron chi connectivity index (χ1n) is 4.47. The smallest absolute Gasteiger partial charge is 0.147 e. The van der Waals surface area contributed by atoms with Crippen molar-refractivity contribution in [3.8, 4) is 0 Å². The van der Waals surface area contributed by atoms with Gasteiger partial charge in [-0.05, 0) is 13.8 Å². The Kier molecular flexibility index (Phi) is 5.17. The minimum absolute atomic E-state index is 0.446. The average Bonchev–Trinajstić information content (AvgIpc) is 2.55. The maximum absolute atomic E-state index is 4.23. The van der Waals surface area contributed by atoms with E-state index in [-0.39, 0.29) is 0 Å². The van der Waals surface area contributed by atoms with Crippen molar-refractivity contribution in [2.24, 2.45) is 0 Å². The molecule has 0 radical (unpaired) electrons. The van der Waals surface area contributed by atoms with E-state index in [9.17, 15) is 0 Å². The van der Waals surface area contributed by atoms with Crippen LogP contribution in [0.15, 0.2) is 12.3 Å². The van der Waals surface area contributed by atoms with Crippen molar-refractivity contribution in [1.82, 2.24) is 9.78 Å². The summed E-state index contributed by atoms with van der Waals surface area (Å²) in [5.41, 5.74) is 0. The van der Waals surface area contributed by atoms with Gasteiger partial charge >= 0.3 is 0 Å². The molecule has 1 N–H and O–H groups in total. The van der Waals surface area contributed by atoms with Gasteiger partial charge < -0.3 is 5.32 Å². The second-order valence-corrected chi connectivity index (χ2v) is 2.52. The molecule has 0 bridgehead atoms. The lowest BCUT2D eigenvalue weighted by Crippen LogP contribution is -2.01. The average molecular weight is 169 g/mol. The van der Waals surface area contributed by atoms with Crippen LogP contribution in [0.4, 0.5) is 5.82 Å². The van der Waals surface area contributed by atoms with Crippen molar-refractivity contribution < 1.29 is 0 Å². The summed E-state index contributed by atoms with van der Waals surface area (Å²) in [6.45, 7) is 8.21. The maximum Gasteiger partial charge on any atom is 0.147 e. The Morgan fingerprint density at radius 2 is 2.00 bits per heavy atom. The highest BCUT2D eigenvalue weighted by Crippen LogP contribution is 2.06. The molecule has 1 heterocycles. The first-order valence-corrected chi connectivity index (χ1v) is 4.47. The Morgan fingerprint density at radius 3 is 2.25 bits per heavy atom. The summed E-state index contributed by atoms with van der Waals surface area (Å²) >= 11 is 0. The van der Waals surface area contributed by atoms with Crippen LogP contribution in [0, 0.1) is 0 Å². The molecular formula is C9H19N3. The van der Waals surface area contributed by atoms with Gasteiger partial charge in [-0.1, -0.05) is 13.8 Å². The standard InChI is InChI=1S/C7H13N3.C2H6/c1-6(2)10-5-4-7(8-3)9-10;1-2/h4-6H,1-3H3,(H,8,9);1-2H3. The molecule has 0 aliphatic carbocycles. The molecule has 0 aliphatic heterocycles. The van der Waals surface area contributed by atoms with E-state index in [1.165, 1.54) is 0 Å². The number of rotatable bonds is 2. The minimum Gasteiger partial charge on any atom is -0.372 e. The molecule has 3 heteroatoms. The molecular weight excluding hydrogens is 150 g/mol. The molecule has 0 amide bonds. The summed E-state index contributed by atoms with van der Waals surface area (Å²) in [5, 5.41) is 7.20. The largest absolute Gasteiger partial charge is 0.372 e. The van der Waals surface area contributed by atoms with Gasteiger partial charge in [0.25, 0.3) is 0 Å². The van der Waals surface area contributed by atoms with Gasteiger partial charge in [0.1, 0.15) is 5.82 Å². The van der Waals surface area contributed by atoms with Crippen LogP contribution in [0.2, 0.25) is 0 Å². The van der Waals surface area contributed by atoms with Crippen molar-refractivity contribution in [2.75, 3.05) is 12.4 Å². The Hall–Kier alpha value is -0.990. The van der Waals surface area contributed by atoms with Gasteiger partial charge in [0, 0.05) is 25.4 Å². The fraction of sp³-hybridized carbons (Fsp3) is 0.667. The van der Waals surface area contributed by atoms with E-state index in [4.69, 9.17) is 0 Å². The summed E-state index contributed by atoms with van der Waals surface area (Å²) in [4.78, 5) is 0. The molecule has 70 valence electrons. The summed E-state index contributed by atoms with van der Waals surface area (Å²) in [7, 11) is 1.87. The van der Waals surface area contributed by atoms with E-state index in [1.807, 2.05) is 37.8 Å². The van der Waals surface area contributed by atoms with Gasteiger partial charge in [0.15, 0.2) is 0 Å². The molecule has 0 saturated carbocycles. The molecule has 0 unspecified atom stereocenters. The number of anilines is 1. The van der Waals surface area contributed by atoms with Gasteiger partial charge in [0.05, 0.1) is 0 Å². The van der Waals surface area contributed by atoms with Crippen LogP contribution in [-0.2, 0) is 0 Å². The summed E-state index contributed by atoms with van der Waals surface area (Å²) in [6.07, 6.45) is 1.97. The molecule has 0 aromatic carbocycles. The van der Waals surface area contributed by atoms with E-state index < -0.39 is 0 Å². The van der Waals surface area contributed by atoms with Crippen LogP contribution < -0.4 is 5.32 Å². The Morgan fingerprint density at radius 1 is 1.42 bits per heavy atom. The third-order valence-corrected chi connectivity index (χ3v) is 1.39. The fourth-order valence-electron chi connectivity index (χ4n) is 0.759. The molecule has 0 fully saturated rings. The highest BCUT2D eigenvalue weighted by atomic mass is 15.3. The van der Waals surface area contributed by atoms with Gasteiger partial charge in [-0.15, -0.1) is 0 Å². The predicted octanol–water partition coefficient (Wildman–Crippen LogP) is 2.53. The highest BCUT2D eigenvalue weighted by molar-refractivity contribution is 5.30. The Balaban J connectivity index is 0.000000561. The molecule has 1 rings (SSSR count). The normalized spacial score (nSPS) is 9.17. The molecule has 1 aromatic heterocycles. The molecule has 0 spiro atoms. The van der Waals surface area contributed by atoms with Crippen molar-refractivity contribution in [2.45, 2.75) is 33.7 Å². The number of hydrogen-bond donors (Lipinski definition) is 1. The monoisotopic (exact) mass is 169 g/mol. The summed E-state index contributed by atoms with van der Waals surface area (Å²) in [6, 6.07) is 2.40. The van der Waals surface area contributed by atoms with Crippen LogP contribution in [0.5, 0.6) is 0 Å². The molecule has 3 nitrogen and oxygen atoms in total. The topological polar surface area (TPSA) is 29.9 Å². The third kappa shape index (κ3) is 2.95. The minimum atomic E-state index is 0.446. The van der Waals surface area contributed by atoms with Crippen molar-refractivity contribution in [3.05, 3.63) is 12.3 Å². The predicted molar refractivity (Wildman–Crippen MR) is 53.5 cm³/mol.